The van der Waals surface area contributed by atoms with Gasteiger partial charge in [0.1, 0.15) is 0 Å². The first-order chi connectivity index (χ1) is 8.44. The predicted molar refractivity (Wildman–Crippen MR) is 71.5 cm³/mol. The van der Waals surface area contributed by atoms with E-state index in [2.05, 4.69) is 5.32 Å². The molecule has 0 aromatic carbocycles. The summed E-state index contributed by atoms with van der Waals surface area (Å²) in [5.41, 5.74) is -0.393. The minimum Gasteiger partial charge on any atom is -0.481 e. The van der Waals surface area contributed by atoms with Crippen molar-refractivity contribution >= 4 is 23.6 Å². The zero-order chi connectivity index (χ0) is 13.3. The summed E-state index contributed by atoms with van der Waals surface area (Å²) in [6.07, 6.45) is 3.66. The Morgan fingerprint density at radius 1 is 1.33 bits per heavy atom. The van der Waals surface area contributed by atoms with Crippen molar-refractivity contribution in [1.29, 1.82) is 0 Å². The van der Waals surface area contributed by atoms with Crippen LogP contribution in [0.1, 0.15) is 33.1 Å². The summed E-state index contributed by atoms with van der Waals surface area (Å²) in [6, 6.07) is 0. The van der Waals surface area contributed by atoms with Crippen LogP contribution in [-0.4, -0.2) is 34.5 Å². The molecule has 1 saturated carbocycles. The van der Waals surface area contributed by atoms with Crippen molar-refractivity contribution in [2.24, 2.45) is 17.3 Å². The fourth-order valence-electron chi connectivity index (χ4n) is 2.88. The monoisotopic (exact) mass is 271 g/mol. The molecule has 3 atom stereocenters. The lowest BCUT2D eigenvalue weighted by atomic mass is 10.1. The second-order valence-electron chi connectivity index (χ2n) is 5.85. The molecule has 4 nitrogen and oxygen atoms in total. The third-order valence-electron chi connectivity index (χ3n) is 4.15. The summed E-state index contributed by atoms with van der Waals surface area (Å²) in [5, 5.41) is 12.5. The summed E-state index contributed by atoms with van der Waals surface area (Å²) in [7, 11) is 0. The SMILES string of the molecule is CC1(C)[C@H](C(=O)O)[C@@H]1C(=O)NCC1CCCCS1. The Bertz CT molecular complexity index is 350. The first-order valence-corrected chi connectivity index (χ1v) is 7.61. The van der Waals surface area contributed by atoms with Crippen LogP contribution in [0.2, 0.25) is 0 Å². The number of aliphatic carboxylic acids is 1. The molecule has 0 aromatic heterocycles. The maximum absolute atomic E-state index is 12.0. The van der Waals surface area contributed by atoms with E-state index in [0.717, 1.165) is 6.42 Å². The Balaban J connectivity index is 1.80. The third-order valence-corrected chi connectivity index (χ3v) is 5.55. The molecule has 1 aliphatic carbocycles. The molecule has 0 aromatic rings. The van der Waals surface area contributed by atoms with E-state index in [0.29, 0.717) is 11.8 Å². The van der Waals surface area contributed by atoms with Crippen molar-refractivity contribution in [1.82, 2.24) is 5.32 Å². The molecule has 5 heteroatoms. The van der Waals surface area contributed by atoms with E-state index in [1.807, 2.05) is 25.6 Å². The molecule has 0 radical (unpaired) electrons. The first kappa shape index (κ1) is 13.7. The third kappa shape index (κ3) is 2.66. The van der Waals surface area contributed by atoms with E-state index in [1.54, 1.807) is 0 Å². The number of carboxylic acids is 1. The number of carboxylic acid groups (broad SMARTS) is 1. The smallest absolute Gasteiger partial charge is 0.307 e. The van der Waals surface area contributed by atoms with E-state index in [9.17, 15) is 9.59 Å². The van der Waals surface area contributed by atoms with Gasteiger partial charge in [0, 0.05) is 11.8 Å². The number of thioether (sulfide) groups is 1. The van der Waals surface area contributed by atoms with E-state index >= 15 is 0 Å². The van der Waals surface area contributed by atoms with Crippen LogP contribution in [-0.2, 0) is 9.59 Å². The number of hydrogen-bond acceptors (Lipinski definition) is 3. The maximum Gasteiger partial charge on any atom is 0.307 e. The highest BCUT2D eigenvalue weighted by Gasteiger charge is 2.65. The molecule has 1 saturated heterocycles. The Morgan fingerprint density at radius 3 is 2.56 bits per heavy atom. The Morgan fingerprint density at radius 2 is 2.06 bits per heavy atom. The summed E-state index contributed by atoms with van der Waals surface area (Å²) in [6.45, 7) is 4.39. The molecule has 2 fully saturated rings. The van der Waals surface area contributed by atoms with Gasteiger partial charge in [-0.25, -0.2) is 0 Å². The van der Waals surface area contributed by atoms with E-state index in [1.165, 1.54) is 18.6 Å². The van der Waals surface area contributed by atoms with Gasteiger partial charge in [0.25, 0.3) is 0 Å². The molecule has 102 valence electrons. The van der Waals surface area contributed by atoms with Crippen LogP contribution >= 0.6 is 11.8 Å². The molecular formula is C13H21NO3S. The summed E-state index contributed by atoms with van der Waals surface area (Å²) in [4.78, 5) is 23.0. The average Bonchev–Trinajstić information content (AvgIpc) is 2.91. The highest BCUT2D eigenvalue weighted by molar-refractivity contribution is 7.99. The van der Waals surface area contributed by atoms with E-state index in [-0.39, 0.29) is 11.8 Å². The number of carbonyl (C=O) groups is 2. The molecule has 1 amide bonds. The van der Waals surface area contributed by atoms with Gasteiger partial charge in [0.05, 0.1) is 11.8 Å². The quantitative estimate of drug-likeness (QED) is 0.817. The number of nitrogens with one attached hydrogen (secondary N) is 1. The minimum atomic E-state index is -0.854. The highest BCUT2D eigenvalue weighted by Crippen LogP contribution is 2.58. The van der Waals surface area contributed by atoms with Gasteiger partial charge in [-0.1, -0.05) is 20.3 Å². The average molecular weight is 271 g/mol. The summed E-state index contributed by atoms with van der Waals surface area (Å²) < 4.78 is 0. The van der Waals surface area contributed by atoms with Crippen LogP contribution < -0.4 is 5.32 Å². The van der Waals surface area contributed by atoms with Gasteiger partial charge in [-0.3, -0.25) is 9.59 Å². The van der Waals surface area contributed by atoms with E-state index < -0.39 is 17.3 Å². The molecule has 1 unspecified atom stereocenters. The topological polar surface area (TPSA) is 66.4 Å². The molecule has 1 heterocycles. The van der Waals surface area contributed by atoms with Crippen molar-refractivity contribution in [3.05, 3.63) is 0 Å². The predicted octanol–water partition coefficient (Wildman–Crippen LogP) is 1.75. The molecule has 2 N–H and O–H groups in total. The largest absolute Gasteiger partial charge is 0.481 e. The maximum atomic E-state index is 12.0. The second-order valence-corrected chi connectivity index (χ2v) is 7.26. The van der Waals surface area contributed by atoms with Gasteiger partial charge in [-0.05, 0) is 24.0 Å². The van der Waals surface area contributed by atoms with Crippen molar-refractivity contribution in [3.63, 3.8) is 0 Å². The van der Waals surface area contributed by atoms with Gasteiger partial charge < -0.3 is 10.4 Å². The van der Waals surface area contributed by atoms with Gasteiger partial charge >= 0.3 is 5.97 Å². The first-order valence-electron chi connectivity index (χ1n) is 6.56. The zero-order valence-corrected chi connectivity index (χ0v) is 11.8. The van der Waals surface area contributed by atoms with Crippen molar-refractivity contribution in [3.8, 4) is 0 Å². The molecule has 1 aliphatic heterocycles. The van der Waals surface area contributed by atoms with Crippen molar-refractivity contribution in [2.45, 2.75) is 38.4 Å². The number of hydrogen-bond donors (Lipinski definition) is 2. The molecule has 2 aliphatic rings. The molecule has 0 spiro atoms. The zero-order valence-electron chi connectivity index (χ0n) is 10.9. The standard InChI is InChI=1S/C13H21NO3S/c1-13(2)9(10(13)12(16)17)11(15)14-7-8-5-3-4-6-18-8/h8-10H,3-7H2,1-2H3,(H,14,15)(H,16,17)/t8?,9-,10+/m1/s1. The van der Waals surface area contributed by atoms with Gasteiger partial charge in [0.15, 0.2) is 0 Å². The number of rotatable bonds is 4. The highest BCUT2D eigenvalue weighted by atomic mass is 32.2. The van der Waals surface area contributed by atoms with Crippen LogP contribution in [0, 0.1) is 17.3 Å². The summed E-state index contributed by atoms with van der Waals surface area (Å²) >= 11 is 1.91. The lowest BCUT2D eigenvalue weighted by molar-refractivity contribution is -0.140. The Kier molecular flexibility index (Phi) is 3.90. The van der Waals surface area contributed by atoms with Crippen LogP contribution in [0.25, 0.3) is 0 Å². The van der Waals surface area contributed by atoms with Gasteiger partial charge in [-0.2, -0.15) is 11.8 Å². The van der Waals surface area contributed by atoms with Crippen LogP contribution in [0.3, 0.4) is 0 Å². The van der Waals surface area contributed by atoms with Crippen molar-refractivity contribution < 1.29 is 14.7 Å². The summed E-state index contributed by atoms with van der Waals surface area (Å²) in [5.74, 6) is -0.640. The number of amides is 1. The molecule has 0 bridgehead atoms. The Labute approximate surface area is 112 Å². The van der Waals surface area contributed by atoms with Crippen molar-refractivity contribution in [2.75, 3.05) is 12.3 Å². The molecular weight excluding hydrogens is 250 g/mol. The molecule has 2 rings (SSSR count). The van der Waals surface area contributed by atoms with Gasteiger partial charge in [-0.15, -0.1) is 0 Å². The second kappa shape index (κ2) is 5.11. The van der Waals surface area contributed by atoms with Crippen LogP contribution in [0.5, 0.6) is 0 Å². The van der Waals surface area contributed by atoms with E-state index in [4.69, 9.17) is 5.11 Å². The Hall–Kier alpha value is -0.710. The lowest BCUT2D eigenvalue weighted by Crippen LogP contribution is -2.34. The van der Waals surface area contributed by atoms with Crippen LogP contribution in [0.4, 0.5) is 0 Å². The fraction of sp³-hybridized carbons (Fsp3) is 0.846. The fourth-order valence-corrected chi connectivity index (χ4v) is 4.12. The van der Waals surface area contributed by atoms with Crippen LogP contribution in [0.15, 0.2) is 0 Å². The van der Waals surface area contributed by atoms with Gasteiger partial charge in [0.2, 0.25) is 5.91 Å². The minimum absolute atomic E-state index is 0.0847. The normalized spacial score (nSPS) is 33.8. The number of carbonyl (C=O) groups excluding carboxylic acids is 1. The molecule has 18 heavy (non-hydrogen) atoms. The lowest BCUT2D eigenvalue weighted by Gasteiger charge is -2.21.